The van der Waals surface area contributed by atoms with E-state index >= 15 is 0 Å². The van der Waals surface area contributed by atoms with E-state index in [4.69, 9.17) is 9.47 Å². The maximum Gasteiger partial charge on any atom is 0.251 e. The molecule has 0 aromatic heterocycles. The second kappa shape index (κ2) is 6.43. The van der Waals surface area contributed by atoms with E-state index < -0.39 is 0 Å². The lowest BCUT2D eigenvalue weighted by molar-refractivity contribution is 0.0929. The van der Waals surface area contributed by atoms with Gasteiger partial charge in [-0.1, -0.05) is 0 Å². The van der Waals surface area contributed by atoms with Gasteiger partial charge in [0.15, 0.2) is 0 Å². The molecule has 104 valence electrons. The first kappa shape index (κ1) is 13.7. The van der Waals surface area contributed by atoms with Crippen LogP contribution >= 0.6 is 0 Å². The van der Waals surface area contributed by atoms with Gasteiger partial charge in [-0.2, -0.15) is 0 Å². The second-order valence-corrected chi connectivity index (χ2v) is 4.60. The smallest absolute Gasteiger partial charge is 0.251 e. The van der Waals surface area contributed by atoms with E-state index in [1.165, 1.54) is 0 Å². The summed E-state index contributed by atoms with van der Waals surface area (Å²) in [5.74, 6) is 1.16. The summed E-state index contributed by atoms with van der Waals surface area (Å²) < 4.78 is 10.3. The molecule has 0 spiro atoms. The summed E-state index contributed by atoms with van der Waals surface area (Å²) >= 11 is 0. The molecular weight excluding hydrogens is 244 g/mol. The molecule has 2 rings (SSSR count). The van der Waals surface area contributed by atoms with Gasteiger partial charge in [-0.25, -0.2) is 0 Å². The molecule has 0 unspecified atom stereocenters. The first-order valence-electron chi connectivity index (χ1n) is 6.47. The lowest BCUT2D eigenvalue weighted by Gasteiger charge is -2.23. The van der Waals surface area contributed by atoms with E-state index in [9.17, 15) is 4.79 Å². The summed E-state index contributed by atoms with van der Waals surface area (Å²) in [6.07, 6.45) is 1.93. The van der Waals surface area contributed by atoms with Crippen LogP contribution in [0.4, 0.5) is 0 Å². The number of piperidine rings is 1. The van der Waals surface area contributed by atoms with Crippen molar-refractivity contribution in [3.05, 3.63) is 23.8 Å². The molecule has 1 saturated heterocycles. The Morgan fingerprint density at radius 3 is 2.26 bits per heavy atom. The Morgan fingerprint density at radius 2 is 1.74 bits per heavy atom. The van der Waals surface area contributed by atoms with Gasteiger partial charge in [0.25, 0.3) is 5.91 Å². The summed E-state index contributed by atoms with van der Waals surface area (Å²) in [6, 6.07) is 5.44. The van der Waals surface area contributed by atoms with Crippen molar-refractivity contribution in [1.29, 1.82) is 0 Å². The fourth-order valence-electron chi connectivity index (χ4n) is 2.17. The lowest BCUT2D eigenvalue weighted by atomic mass is 10.1. The van der Waals surface area contributed by atoms with Gasteiger partial charge in [0.1, 0.15) is 11.5 Å². The van der Waals surface area contributed by atoms with Crippen LogP contribution in [0.2, 0.25) is 0 Å². The second-order valence-electron chi connectivity index (χ2n) is 4.60. The molecule has 1 aromatic rings. The average Bonchev–Trinajstić information content (AvgIpc) is 2.47. The minimum absolute atomic E-state index is 0.0795. The SMILES string of the molecule is COc1cc(OC)cc(C(=O)NC2CCNCC2)c1. The lowest BCUT2D eigenvalue weighted by Crippen LogP contribution is -2.42. The first-order valence-corrected chi connectivity index (χ1v) is 6.47. The maximum absolute atomic E-state index is 12.2. The zero-order valence-electron chi connectivity index (χ0n) is 11.4. The van der Waals surface area contributed by atoms with Gasteiger partial charge < -0.3 is 20.1 Å². The van der Waals surface area contributed by atoms with Crippen LogP contribution in [0.3, 0.4) is 0 Å². The molecule has 1 heterocycles. The summed E-state index contributed by atoms with van der Waals surface area (Å²) in [7, 11) is 3.15. The summed E-state index contributed by atoms with van der Waals surface area (Å²) in [4.78, 5) is 12.2. The van der Waals surface area contributed by atoms with Crippen molar-refractivity contribution in [2.75, 3.05) is 27.3 Å². The Kier molecular flexibility index (Phi) is 4.63. The summed E-state index contributed by atoms with van der Waals surface area (Å²) in [5, 5.41) is 6.32. The van der Waals surface area contributed by atoms with E-state index in [2.05, 4.69) is 10.6 Å². The number of rotatable bonds is 4. The van der Waals surface area contributed by atoms with Crippen LogP contribution in [0.1, 0.15) is 23.2 Å². The predicted molar refractivity (Wildman–Crippen MR) is 72.9 cm³/mol. The molecule has 0 atom stereocenters. The van der Waals surface area contributed by atoms with Gasteiger partial charge in [0.2, 0.25) is 0 Å². The van der Waals surface area contributed by atoms with Crippen molar-refractivity contribution in [3.63, 3.8) is 0 Å². The van der Waals surface area contributed by atoms with Gasteiger partial charge in [0, 0.05) is 17.7 Å². The van der Waals surface area contributed by atoms with Crippen molar-refractivity contribution in [2.45, 2.75) is 18.9 Å². The zero-order valence-corrected chi connectivity index (χ0v) is 11.4. The van der Waals surface area contributed by atoms with Gasteiger partial charge in [-0.3, -0.25) is 4.79 Å². The number of benzene rings is 1. The number of ether oxygens (including phenoxy) is 2. The number of methoxy groups -OCH3 is 2. The number of carbonyl (C=O) groups excluding carboxylic acids is 1. The highest BCUT2D eigenvalue weighted by molar-refractivity contribution is 5.95. The fraction of sp³-hybridized carbons (Fsp3) is 0.500. The molecule has 1 fully saturated rings. The van der Waals surface area contributed by atoms with E-state index in [-0.39, 0.29) is 11.9 Å². The molecule has 0 radical (unpaired) electrons. The Labute approximate surface area is 113 Å². The molecule has 19 heavy (non-hydrogen) atoms. The largest absolute Gasteiger partial charge is 0.497 e. The number of amides is 1. The van der Waals surface area contributed by atoms with Crippen LogP contribution in [0, 0.1) is 0 Å². The Balaban J connectivity index is 2.08. The number of hydrogen-bond donors (Lipinski definition) is 2. The Morgan fingerprint density at radius 1 is 1.16 bits per heavy atom. The van der Waals surface area contributed by atoms with E-state index in [0.29, 0.717) is 17.1 Å². The molecule has 2 N–H and O–H groups in total. The summed E-state index contributed by atoms with van der Waals surface area (Å²) in [5.41, 5.74) is 0.565. The Hall–Kier alpha value is -1.75. The topological polar surface area (TPSA) is 59.6 Å². The highest BCUT2D eigenvalue weighted by Gasteiger charge is 2.17. The minimum atomic E-state index is -0.0795. The first-order chi connectivity index (χ1) is 9.22. The molecule has 0 saturated carbocycles. The monoisotopic (exact) mass is 264 g/mol. The molecule has 1 aromatic carbocycles. The quantitative estimate of drug-likeness (QED) is 0.857. The third-order valence-electron chi connectivity index (χ3n) is 3.29. The Bertz CT molecular complexity index is 420. The molecular formula is C14H20N2O3. The van der Waals surface area contributed by atoms with Crippen LogP contribution < -0.4 is 20.1 Å². The van der Waals surface area contributed by atoms with Gasteiger partial charge in [0.05, 0.1) is 14.2 Å². The average molecular weight is 264 g/mol. The predicted octanol–water partition coefficient (Wildman–Crippen LogP) is 1.19. The molecule has 1 aliphatic heterocycles. The van der Waals surface area contributed by atoms with Gasteiger partial charge in [-0.05, 0) is 38.1 Å². The fourth-order valence-corrected chi connectivity index (χ4v) is 2.17. The van der Waals surface area contributed by atoms with Crippen LogP contribution in [-0.4, -0.2) is 39.3 Å². The van der Waals surface area contributed by atoms with Crippen LogP contribution in [0.25, 0.3) is 0 Å². The number of carbonyl (C=O) groups is 1. The van der Waals surface area contributed by atoms with E-state index in [0.717, 1.165) is 25.9 Å². The van der Waals surface area contributed by atoms with E-state index in [1.54, 1.807) is 32.4 Å². The highest BCUT2D eigenvalue weighted by Crippen LogP contribution is 2.22. The van der Waals surface area contributed by atoms with Crippen LogP contribution in [-0.2, 0) is 0 Å². The number of hydrogen-bond acceptors (Lipinski definition) is 4. The van der Waals surface area contributed by atoms with Gasteiger partial charge >= 0.3 is 0 Å². The van der Waals surface area contributed by atoms with Gasteiger partial charge in [-0.15, -0.1) is 0 Å². The molecule has 1 aliphatic rings. The van der Waals surface area contributed by atoms with E-state index in [1.807, 2.05) is 0 Å². The summed E-state index contributed by atoms with van der Waals surface area (Å²) in [6.45, 7) is 1.90. The standard InChI is InChI=1S/C14H20N2O3/c1-18-12-7-10(8-13(9-12)19-2)14(17)16-11-3-5-15-6-4-11/h7-9,11,15H,3-6H2,1-2H3,(H,16,17). The third kappa shape index (κ3) is 3.61. The zero-order chi connectivity index (χ0) is 13.7. The van der Waals surface area contributed by atoms with Crippen LogP contribution in [0.15, 0.2) is 18.2 Å². The minimum Gasteiger partial charge on any atom is -0.497 e. The van der Waals surface area contributed by atoms with Crippen molar-refractivity contribution >= 4 is 5.91 Å². The van der Waals surface area contributed by atoms with Crippen molar-refractivity contribution < 1.29 is 14.3 Å². The highest BCUT2D eigenvalue weighted by atomic mass is 16.5. The normalized spacial score (nSPS) is 15.9. The van der Waals surface area contributed by atoms with Crippen LogP contribution in [0.5, 0.6) is 11.5 Å². The third-order valence-corrected chi connectivity index (χ3v) is 3.29. The maximum atomic E-state index is 12.2. The van der Waals surface area contributed by atoms with Crippen molar-refractivity contribution in [1.82, 2.24) is 10.6 Å². The van der Waals surface area contributed by atoms with Crippen molar-refractivity contribution in [3.8, 4) is 11.5 Å². The molecule has 0 bridgehead atoms. The molecule has 1 amide bonds. The molecule has 5 heteroatoms. The number of nitrogens with one attached hydrogen (secondary N) is 2. The molecule has 0 aliphatic carbocycles. The molecule has 5 nitrogen and oxygen atoms in total. The van der Waals surface area contributed by atoms with Crippen molar-refractivity contribution in [2.24, 2.45) is 0 Å².